The van der Waals surface area contributed by atoms with Crippen molar-refractivity contribution in [2.75, 3.05) is 0 Å². The summed E-state index contributed by atoms with van der Waals surface area (Å²) in [7, 11) is 0. The van der Waals surface area contributed by atoms with Crippen LogP contribution in [0, 0.1) is 5.41 Å². The molecule has 0 aromatic rings. The number of ketones is 2. The van der Waals surface area contributed by atoms with Crippen LogP contribution >= 0.6 is 11.6 Å². The van der Waals surface area contributed by atoms with E-state index in [4.69, 9.17) is 11.6 Å². The molecule has 0 amide bonds. The molecule has 16 heavy (non-hydrogen) atoms. The molecule has 0 heterocycles. The molecule has 0 saturated heterocycles. The zero-order valence-electron chi connectivity index (χ0n) is 8.74. The molecule has 0 radical (unpaired) electrons. The van der Waals surface area contributed by atoms with Crippen LogP contribution in [0.1, 0.15) is 26.7 Å². The Bertz CT molecular complexity index is 380. The van der Waals surface area contributed by atoms with Crippen molar-refractivity contribution in [3.05, 3.63) is 10.6 Å². The Morgan fingerprint density at radius 3 is 2.19 bits per heavy atom. The molecule has 0 unspecified atom stereocenters. The van der Waals surface area contributed by atoms with Crippen molar-refractivity contribution in [2.24, 2.45) is 5.41 Å². The number of hydrogen-bond donors (Lipinski definition) is 0. The van der Waals surface area contributed by atoms with Crippen LogP contribution in [0.25, 0.3) is 0 Å². The van der Waals surface area contributed by atoms with Gasteiger partial charge in [0.1, 0.15) is 0 Å². The molecule has 0 bridgehead atoms. The predicted molar refractivity (Wildman–Crippen MR) is 52.0 cm³/mol. The maximum absolute atomic E-state index is 12.2. The van der Waals surface area contributed by atoms with E-state index in [-0.39, 0.29) is 17.9 Å². The Kier molecular flexibility index (Phi) is 3.20. The third-order valence-electron chi connectivity index (χ3n) is 2.31. The highest BCUT2D eigenvalue weighted by Gasteiger charge is 2.46. The first-order chi connectivity index (χ1) is 7.04. The average molecular weight is 255 g/mol. The van der Waals surface area contributed by atoms with Gasteiger partial charge >= 0.3 is 6.18 Å². The van der Waals surface area contributed by atoms with Crippen LogP contribution in [0.5, 0.6) is 0 Å². The lowest BCUT2D eigenvalue weighted by Crippen LogP contribution is -2.34. The van der Waals surface area contributed by atoms with Gasteiger partial charge in [0.15, 0.2) is 5.78 Å². The van der Waals surface area contributed by atoms with E-state index in [1.165, 1.54) is 0 Å². The SMILES string of the molecule is CC1(C)CC(=O)C(C(=O)C(F)(F)F)=C(Cl)C1. The maximum atomic E-state index is 12.2. The summed E-state index contributed by atoms with van der Waals surface area (Å²) in [6.07, 6.45) is -5.04. The van der Waals surface area contributed by atoms with E-state index < -0.39 is 28.7 Å². The van der Waals surface area contributed by atoms with E-state index in [9.17, 15) is 22.8 Å². The van der Waals surface area contributed by atoms with Gasteiger partial charge in [-0.25, -0.2) is 0 Å². The van der Waals surface area contributed by atoms with Crippen LogP contribution in [0.2, 0.25) is 0 Å². The van der Waals surface area contributed by atoms with Gasteiger partial charge in [-0.05, 0) is 11.8 Å². The number of Topliss-reactive ketones (excluding diaryl/α,β-unsaturated/α-hetero) is 2. The first kappa shape index (κ1) is 13.2. The van der Waals surface area contributed by atoms with E-state index in [1.54, 1.807) is 13.8 Å². The van der Waals surface area contributed by atoms with Crippen molar-refractivity contribution >= 4 is 23.2 Å². The first-order valence-corrected chi connectivity index (χ1v) is 4.96. The van der Waals surface area contributed by atoms with Gasteiger partial charge in [-0.2, -0.15) is 13.2 Å². The van der Waals surface area contributed by atoms with Gasteiger partial charge in [0.25, 0.3) is 5.78 Å². The van der Waals surface area contributed by atoms with Gasteiger partial charge in [0.2, 0.25) is 0 Å². The molecule has 0 N–H and O–H groups in total. The minimum absolute atomic E-state index is 0.0969. The van der Waals surface area contributed by atoms with Crippen molar-refractivity contribution in [3.63, 3.8) is 0 Å². The van der Waals surface area contributed by atoms with Crippen LogP contribution in [0.15, 0.2) is 10.6 Å². The molecule has 0 fully saturated rings. The lowest BCUT2D eigenvalue weighted by Gasteiger charge is -2.29. The summed E-state index contributed by atoms with van der Waals surface area (Å²) in [5.74, 6) is -2.97. The summed E-state index contributed by atoms with van der Waals surface area (Å²) in [6, 6.07) is 0. The molecule has 2 nitrogen and oxygen atoms in total. The second-order valence-corrected chi connectivity index (χ2v) is 5.00. The topological polar surface area (TPSA) is 34.1 Å². The highest BCUT2D eigenvalue weighted by molar-refractivity contribution is 6.38. The van der Waals surface area contributed by atoms with Crippen LogP contribution in [-0.2, 0) is 9.59 Å². The van der Waals surface area contributed by atoms with Crippen molar-refractivity contribution in [2.45, 2.75) is 32.9 Å². The number of allylic oxidation sites excluding steroid dienone is 2. The molecule has 6 heteroatoms. The molecule has 1 rings (SSSR count). The van der Waals surface area contributed by atoms with E-state index >= 15 is 0 Å². The smallest absolute Gasteiger partial charge is 0.294 e. The summed E-state index contributed by atoms with van der Waals surface area (Å²) < 4.78 is 36.5. The Morgan fingerprint density at radius 1 is 1.31 bits per heavy atom. The molecule has 1 aliphatic carbocycles. The molecule has 90 valence electrons. The molecule has 0 atom stereocenters. The third-order valence-corrected chi connectivity index (χ3v) is 2.63. The molecule has 0 saturated carbocycles. The highest BCUT2D eigenvalue weighted by Crippen LogP contribution is 2.40. The normalized spacial score (nSPS) is 21.2. The Hall–Kier alpha value is -0.840. The van der Waals surface area contributed by atoms with Crippen molar-refractivity contribution in [3.8, 4) is 0 Å². The summed E-state index contributed by atoms with van der Waals surface area (Å²) in [5.41, 5.74) is -1.39. The van der Waals surface area contributed by atoms with Crippen LogP contribution in [-0.4, -0.2) is 17.7 Å². The second kappa shape index (κ2) is 3.87. The maximum Gasteiger partial charge on any atom is 0.455 e. The number of carbonyl (C=O) groups excluding carboxylic acids is 2. The number of carbonyl (C=O) groups is 2. The third kappa shape index (κ3) is 2.64. The van der Waals surface area contributed by atoms with Gasteiger partial charge in [-0.3, -0.25) is 9.59 Å². The molecule has 0 aromatic carbocycles. The summed E-state index contributed by atoms with van der Waals surface area (Å²) >= 11 is 5.60. The summed E-state index contributed by atoms with van der Waals surface area (Å²) in [4.78, 5) is 22.4. The van der Waals surface area contributed by atoms with E-state index in [1.807, 2.05) is 0 Å². The van der Waals surface area contributed by atoms with E-state index in [2.05, 4.69) is 0 Å². The standard InChI is InChI=1S/C10H10ClF3O2/c1-9(2)3-5(11)7(6(15)4-9)8(16)10(12,13)14/h3-4H2,1-2H3. The zero-order chi connectivity index (χ0) is 12.7. The van der Waals surface area contributed by atoms with Gasteiger partial charge in [-0.1, -0.05) is 25.4 Å². The quantitative estimate of drug-likeness (QED) is 0.674. The fourth-order valence-corrected chi connectivity index (χ4v) is 2.19. The molecular weight excluding hydrogens is 245 g/mol. The van der Waals surface area contributed by atoms with Crippen molar-refractivity contribution < 1.29 is 22.8 Å². The molecule has 1 aliphatic rings. The summed E-state index contributed by atoms with van der Waals surface area (Å²) in [5, 5.41) is -0.288. The monoisotopic (exact) mass is 254 g/mol. The van der Waals surface area contributed by atoms with Crippen LogP contribution in [0.4, 0.5) is 13.2 Å². The number of halogens is 4. The lowest BCUT2D eigenvalue weighted by molar-refractivity contribution is -0.167. The molecule has 0 aromatic heterocycles. The molecule has 0 spiro atoms. The van der Waals surface area contributed by atoms with Gasteiger partial charge < -0.3 is 0 Å². The Balaban J connectivity index is 3.15. The predicted octanol–water partition coefficient (Wildman–Crippen LogP) is 3.00. The fourth-order valence-electron chi connectivity index (χ4n) is 1.64. The van der Waals surface area contributed by atoms with Crippen molar-refractivity contribution in [1.82, 2.24) is 0 Å². The van der Waals surface area contributed by atoms with Crippen LogP contribution in [0.3, 0.4) is 0 Å². The van der Waals surface area contributed by atoms with Gasteiger partial charge in [0.05, 0.1) is 5.57 Å². The van der Waals surface area contributed by atoms with E-state index in [0.29, 0.717) is 0 Å². The molecular formula is C10H10ClF3O2. The fraction of sp³-hybridized carbons (Fsp3) is 0.600. The minimum atomic E-state index is -5.05. The zero-order valence-corrected chi connectivity index (χ0v) is 9.50. The first-order valence-electron chi connectivity index (χ1n) is 4.58. The largest absolute Gasteiger partial charge is 0.455 e. The number of rotatable bonds is 1. The van der Waals surface area contributed by atoms with Crippen LogP contribution < -0.4 is 0 Å². The number of alkyl halides is 3. The lowest BCUT2D eigenvalue weighted by atomic mass is 9.76. The highest BCUT2D eigenvalue weighted by atomic mass is 35.5. The summed E-state index contributed by atoms with van der Waals surface area (Å²) in [6.45, 7) is 3.42. The average Bonchev–Trinajstić information content (AvgIpc) is 1.97. The minimum Gasteiger partial charge on any atom is -0.294 e. The van der Waals surface area contributed by atoms with E-state index in [0.717, 1.165) is 0 Å². The van der Waals surface area contributed by atoms with Gasteiger partial charge in [0, 0.05) is 11.5 Å². The number of hydrogen-bond acceptors (Lipinski definition) is 2. The van der Waals surface area contributed by atoms with Crippen molar-refractivity contribution in [1.29, 1.82) is 0 Å². The Labute approximate surface area is 95.5 Å². The Morgan fingerprint density at radius 2 is 1.81 bits per heavy atom. The molecule has 0 aliphatic heterocycles. The second-order valence-electron chi connectivity index (χ2n) is 4.55. The van der Waals surface area contributed by atoms with Gasteiger partial charge in [-0.15, -0.1) is 0 Å².